The van der Waals surface area contributed by atoms with Crippen LogP contribution in [0.1, 0.15) is 0 Å². The fourth-order valence-electron chi connectivity index (χ4n) is 6.90. The summed E-state index contributed by atoms with van der Waals surface area (Å²) in [6, 6.07) is 37.6. The SMILES string of the molecule is c1ccc2c(c1)nc1c3cc4c(cc3c3nc5ccccc5n3n21)c1nc2ccccc2n1n1c2ccccc2nc41. The van der Waals surface area contributed by atoms with Crippen LogP contribution in [0.2, 0.25) is 0 Å². The van der Waals surface area contributed by atoms with Gasteiger partial charge in [0.05, 0.1) is 44.1 Å². The summed E-state index contributed by atoms with van der Waals surface area (Å²) in [5.74, 6) is 0. The van der Waals surface area contributed by atoms with Gasteiger partial charge < -0.3 is 0 Å². The van der Waals surface area contributed by atoms with E-state index in [-0.39, 0.29) is 0 Å². The van der Waals surface area contributed by atoms with Gasteiger partial charge in [0.25, 0.3) is 0 Å². The first kappa shape index (κ1) is 20.8. The molecular formula is C34H18N8. The second kappa shape index (κ2) is 7.00. The van der Waals surface area contributed by atoms with Gasteiger partial charge in [0.15, 0.2) is 22.6 Å². The number of hydrogen-bond acceptors (Lipinski definition) is 4. The maximum atomic E-state index is 5.17. The van der Waals surface area contributed by atoms with E-state index in [0.29, 0.717) is 0 Å². The molecule has 42 heavy (non-hydrogen) atoms. The lowest BCUT2D eigenvalue weighted by molar-refractivity contribution is 0.914. The Morgan fingerprint density at radius 1 is 0.310 bits per heavy atom. The van der Waals surface area contributed by atoms with E-state index in [1.165, 1.54) is 0 Å². The first-order valence-corrected chi connectivity index (χ1v) is 13.9. The highest BCUT2D eigenvalue weighted by atomic mass is 15.4. The summed E-state index contributed by atoms with van der Waals surface area (Å²) in [5, 5.41) is 4.10. The molecule has 6 aromatic heterocycles. The van der Waals surface area contributed by atoms with Crippen molar-refractivity contribution in [3.8, 4) is 0 Å². The molecule has 0 atom stereocenters. The average molecular weight is 539 g/mol. The Morgan fingerprint density at radius 3 is 0.810 bits per heavy atom. The van der Waals surface area contributed by atoms with Gasteiger partial charge in [0.1, 0.15) is 0 Å². The van der Waals surface area contributed by atoms with Crippen molar-refractivity contribution in [3.63, 3.8) is 0 Å². The number of fused-ring (bicyclic) bond motifs is 20. The maximum Gasteiger partial charge on any atom is 0.161 e. The molecule has 0 fully saturated rings. The standard InChI is InChI=1S/C34H18N8/c1-5-13-27-23(9-1)35-31-19-17-21-22(18-20(19)32-36-24-10-2-6-14-28(24)40(32)39(27)31)34-38-26-12-4-8-16-30(26)42(34)41-29-15-7-3-11-25(29)37-33(21)41/h1-18H. The summed E-state index contributed by atoms with van der Waals surface area (Å²) < 4.78 is 8.82. The lowest BCUT2D eigenvalue weighted by atomic mass is 10.1. The molecule has 11 rings (SSSR count). The van der Waals surface area contributed by atoms with Crippen molar-refractivity contribution < 1.29 is 0 Å². The molecule has 0 aliphatic heterocycles. The van der Waals surface area contributed by atoms with Crippen LogP contribution in [0.15, 0.2) is 109 Å². The summed E-state index contributed by atoms with van der Waals surface area (Å²) in [7, 11) is 0. The third kappa shape index (κ3) is 2.33. The molecule has 11 aromatic rings. The molecule has 0 saturated carbocycles. The second-order valence-electron chi connectivity index (χ2n) is 10.9. The second-order valence-corrected chi connectivity index (χ2v) is 10.9. The molecule has 194 valence electrons. The number of benzene rings is 5. The molecule has 0 N–H and O–H groups in total. The van der Waals surface area contributed by atoms with E-state index >= 15 is 0 Å². The molecule has 0 saturated heterocycles. The number of para-hydroxylation sites is 8. The van der Waals surface area contributed by atoms with E-state index in [2.05, 4.69) is 103 Å². The van der Waals surface area contributed by atoms with E-state index in [0.717, 1.165) is 88.3 Å². The van der Waals surface area contributed by atoms with Crippen molar-refractivity contribution in [2.45, 2.75) is 0 Å². The number of rotatable bonds is 0. The van der Waals surface area contributed by atoms with Crippen LogP contribution in [-0.4, -0.2) is 38.0 Å². The summed E-state index contributed by atoms with van der Waals surface area (Å²) in [6.07, 6.45) is 0. The normalized spacial score (nSPS) is 12.8. The van der Waals surface area contributed by atoms with Crippen molar-refractivity contribution in [1.82, 2.24) is 38.0 Å². The highest BCUT2D eigenvalue weighted by Crippen LogP contribution is 2.37. The van der Waals surface area contributed by atoms with E-state index in [1.807, 2.05) is 24.3 Å². The largest absolute Gasteiger partial charge is 0.226 e. The third-order valence-electron chi connectivity index (χ3n) is 8.67. The summed E-state index contributed by atoms with van der Waals surface area (Å²) in [4.78, 5) is 20.7. The zero-order valence-corrected chi connectivity index (χ0v) is 22.0. The molecule has 8 nitrogen and oxygen atoms in total. The van der Waals surface area contributed by atoms with Gasteiger partial charge in [0, 0.05) is 21.5 Å². The van der Waals surface area contributed by atoms with Gasteiger partial charge in [-0.3, -0.25) is 0 Å². The minimum Gasteiger partial charge on any atom is -0.226 e. The molecule has 0 bridgehead atoms. The molecule has 0 spiro atoms. The van der Waals surface area contributed by atoms with Crippen LogP contribution >= 0.6 is 0 Å². The highest BCUT2D eigenvalue weighted by molar-refractivity contribution is 6.17. The van der Waals surface area contributed by atoms with E-state index in [4.69, 9.17) is 19.9 Å². The van der Waals surface area contributed by atoms with Gasteiger partial charge in [-0.25, -0.2) is 38.0 Å². The Kier molecular flexibility index (Phi) is 3.47. The zero-order valence-electron chi connectivity index (χ0n) is 22.0. The summed E-state index contributed by atoms with van der Waals surface area (Å²) >= 11 is 0. The monoisotopic (exact) mass is 538 g/mol. The van der Waals surface area contributed by atoms with Crippen molar-refractivity contribution in [3.05, 3.63) is 109 Å². The van der Waals surface area contributed by atoms with Crippen molar-refractivity contribution in [1.29, 1.82) is 0 Å². The van der Waals surface area contributed by atoms with Gasteiger partial charge in [-0.2, -0.15) is 0 Å². The predicted octanol–water partition coefficient (Wildman–Crippen LogP) is 7.20. The molecule has 0 aliphatic rings. The molecule has 0 aliphatic carbocycles. The molecule has 5 aromatic carbocycles. The summed E-state index contributed by atoms with van der Waals surface area (Å²) in [6.45, 7) is 0. The zero-order chi connectivity index (χ0) is 27.1. The van der Waals surface area contributed by atoms with Crippen LogP contribution in [0.5, 0.6) is 0 Å². The van der Waals surface area contributed by atoms with Crippen LogP contribution in [0.25, 0.3) is 88.3 Å². The van der Waals surface area contributed by atoms with Gasteiger partial charge in [0.2, 0.25) is 0 Å². The molecule has 0 amide bonds. The average Bonchev–Trinajstić information content (AvgIpc) is 3.80. The van der Waals surface area contributed by atoms with Crippen LogP contribution in [0.3, 0.4) is 0 Å². The van der Waals surface area contributed by atoms with Crippen LogP contribution in [0, 0.1) is 0 Å². The maximum absolute atomic E-state index is 5.17. The predicted molar refractivity (Wildman–Crippen MR) is 166 cm³/mol. The Bertz CT molecular complexity index is 2570. The van der Waals surface area contributed by atoms with Crippen LogP contribution < -0.4 is 0 Å². The van der Waals surface area contributed by atoms with Crippen molar-refractivity contribution in [2.24, 2.45) is 0 Å². The first-order chi connectivity index (χ1) is 20.8. The number of hydrogen-bond donors (Lipinski definition) is 0. The smallest absolute Gasteiger partial charge is 0.161 e. The quantitative estimate of drug-likeness (QED) is 0.192. The van der Waals surface area contributed by atoms with Gasteiger partial charge >= 0.3 is 0 Å². The third-order valence-corrected chi connectivity index (χ3v) is 8.67. The minimum absolute atomic E-state index is 0.881. The number of nitrogens with zero attached hydrogens (tertiary/aromatic N) is 8. The Hall–Kier alpha value is -6.02. The lowest BCUT2D eigenvalue weighted by Gasteiger charge is -2.11. The molecular weight excluding hydrogens is 520 g/mol. The Balaban J connectivity index is 1.48. The fourth-order valence-corrected chi connectivity index (χ4v) is 6.90. The highest BCUT2D eigenvalue weighted by Gasteiger charge is 2.22. The Labute approximate surface area is 235 Å². The minimum atomic E-state index is 0.881. The molecule has 0 radical (unpaired) electrons. The molecule has 0 unspecified atom stereocenters. The first-order valence-electron chi connectivity index (χ1n) is 13.9. The number of imidazole rings is 4. The Morgan fingerprint density at radius 2 is 0.548 bits per heavy atom. The van der Waals surface area contributed by atoms with Gasteiger partial charge in [-0.1, -0.05) is 48.5 Å². The van der Waals surface area contributed by atoms with Crippen LogP contribution in [0.4, 0.5) is 0 Å². The summed E-state index contributed by atoms with van der Waals surface area (Å²) in [5.41, 5.74) is 11.4. The van der Waals surface area contributed by atoms with Gasteiger partial charge in [-0.15, -0.1) is 0 Å². The number of aromatic nitrogens is 8. The fraction of sp³-hybridized carbons (Fsp3) is 0. The van der Waals surface area contributed by atoms with E-state index in [9.17, 15) is 0 Å². The lowest BCUT2D eigenvalue weighted by Crippen LogP contribution is -2.04. The van der Waals surface area contributed by atoms with Crippen LogP contribution in [-0.2, 0) is 0 Å². The van der Waals surface area contributed by atoms with Crippen molar-refractivity contribution in [2.75, 3.05) is 0 Å². The van der Waals surface area contributed by atoms with Gasteiger partial charge in [-0.05, 0) is 60.7 Å². The topological polar surface area (TPSA) is 69.2 Å². The molecule has 6 heterocycles. The van der Waals surface area contributed by atoms with E-state index < -0.39 is 0 Å². The van der Waals surface area contributed by atoms with Crippen molar-refractivity contribution >= 4 is 88.3 Å². The molecule has 8 heteroatoms. The van der Waals surface area contributed by atoms with E-state index in [1.54, 1.807) is 0 Å².